The maximum atomic E-state index is 11.5. The van der Waals surface area contributed by atoms with Crippen LogP contribution in [-0.2, 0) is 9.53 Å². The molecule has 3 N–H and O–H groups in total. The van der Waals surface area contributed by atoms with Gasteiger partial charge in [0.1, 0.15) is 18.0 Å². The van der Waals surface area contributed by atoms with Crippen LogP contribution in [0.5, 0.6) is 0 Å². The smallest absolute Gasteiger partial charge is 0.221 e. The molecule has 0 aliphatic carbocycles. The Morgan fingerprint density at radius 2 is 1.90 bits per heavy atom. The van der Waals surface area contributed by atoms with Gasteiger partial charge in [-0.05, 0) is 6.42 Å². The standard InChI is InChI=1S/C13H23N5O2/c1-3-5-14-11-9-12(18-10-17-11)15-6-4-13(19)16-7-8-20-2/h9-10H,3-8H2,1-2H3,(H,16,19)(H2,14,15,17,18). The number of hydrogen-bond acceptors (Lipinski definition) is 6. The van der Waals surface area contributed by atoms with Crippen LogP contribution in [0.4, 0.5) is 11.6 Å². The molecule has 0 bridgehead atoms. The highest BCUT2D eigenvalue weighted by atomic mass is 16.5. The van der Waals surface area contributed by atoms with Crippen molar-refractivity contribution in [1.29, 1.82) is 0 Å². The molecule has 1 aromatic heterocycles. The summed E-state index contributed by atoms with van der Waals surface area (Å²) < 4.78 is 4.86. The zero-order valence-electron chi connectivity index (χ0n) is 12.1. The van der Waals surface area contributed by atoms with Gasteiger partial charge in [-0.25, -0.2) is 9.97 Å². The number of aromatic nitrogens is 2. The van der Waals surface area contributed by atoms with Crippen molar-refractivity contribution in [3.8, 4) is 0 Å². The Labute approximate surface area is 119 Å². The fraction of sp³-hybridized carbons (Fsp3) is 0.615. The number of anilines is 2. The number of ether oxygens (including phenoxy) is 1. The lowest BCUT2D eigenvalue weighted by molar-refractivity contribution is -0.121. The molecule has 0 aliphatic heterocycles. The predicted octanol–water partition coefficient (Wildman–Crippen LogP) is 0.863. The predicted molar refractivity (Wildman–Crippen MR) is 78.8 cm³/mol. The van der Waals surface area contributed by atoms with Crippen LogP contribution in [0.25, 0.3) is 0 Å². The summed E-state index contributed by atoms with van der Waals surface area (Å²) in [5.41, 5.74) is 0. The molecule has 0 saturated heterocycles. The first kappa shape index (κ1) is 16.2. The summed E-state index contributed by atoms with van der Waals surface area (Å²) in [6.07, 6.45) is 2.93. The van der Waals surface area contributed by atoms with E-state index in [2.05, 4.69) is 32.8 Å². The van der Waals surface area contributed by atoms with Crippen molar-refractivity contribution in [3.63, 3.8) is 0 Å². The fourth-order valence-corrected chi connectivity index (χ4v) is 1.49. The lowest BCUT2D eigenvalue weighted by Crippen LogP contribution is -2.28. The third-order valence-electron chi connectivity index (χ3n) is 2.51. The van der Waals surface area contributed by atoms with Gasteiger partial charge in [0.05, 0.1) is 6.61 Å². The largest absolute Gasteiger partial charge is 0.383 e. The molecule has 0 atom stereocenters. The van der Waals surface area contributed by atoms with Gasteiger partial charge < -0.3 is 20.7 Å². The summed E-state index contributed by atoms with van der Waals surface area (Å²) in [5, 5.41) is 9.04. The molecular formula is C13H23N5O2. The van der Waals surface area contributed by atoms with E-state index in [-0.39, 0.29) is 5.91 Å². The molecule has 0 spiro atoms. The molecule has 1 rings (SSSR count). The maximum Gasteiger partial charge on any atom is 0.221 e. The molecule has 7 heteroatoms. The van der Waals surface area contributed by atoms with Gasteiger partial charge in [-0.2, -0.15) is 0 Å². The van der Waals surface area contributed by atoms with Crippen molar-refractivity contribution in [1.82, 2.24) is 15.3 Å². The number of nitrogens with zero attached hydrogens (tertiary/aromatic N) is 2. The first-order chi connectivity index (χ1) is 9.76. The molecule has 20 heavy (non-hydrogen) atoms. The van der Waals surface area contributed by atoms with Gasteiger partial charge in [0.15, 0.2) is 0 Å². The highest BCUT2D eigenvalue weighted by molar-refractivity contribution is 5.76. The van der Waals surface area contributed by atoms with Gasteiger partial charge in [-0.15, -0.1) is 0 Å². The van der Waals surface area contributed by atoms with E-state index in [4.69, 9.17) is 4.74 Å². The van der Waals surface area contributed by atoms with Gasteiger partial charge >= 0.3 is 0 Å². The second kappa shape index (κ2) is 9.96. The van der Waals surface area contributed by atoms with Crippen LogP contribution in [0.15, 0.2) is 12.4 Å². The van der Waals surface area contributed by atoms with E-state index in [1.54, 1.807) is 7.11 Å². The molecule has 0 aromatic carbocycles. The highest BCUT2D eigenvalue weighted by Crippen LogP contribution is 2.08. The van der Waals surface area contributed by atoms with E-state index < -0.39 is 0 Å². The molecular weight excluding hydrogens is 258 g/mol. The van der Waals surface area contributed by atoms with Crippen molar-refractivity contribution in [2.75, 3.05) is 44.0 Å². The van der Waals surface area contributed by atoms with E-state index in [0.29, 0.717) is 31.9 Å². The number of carbonyl (C=O) groups is 1. The summed E-state index contributed by atoms with van der Waals surface area (Å²) in [5.74, 6) is 1.49. The third kappa shape index (κ3) is 6.89. The third-order valence-corrected chi connectivity index (χ3v) is 2.51. The number of methoxy groups -OCH3 is 1. The SMILES string of the molecule is CCCNc1cc(NCCC(=O)NCCOC)ncn1. The Morgan fingerprint density at radius 3 is 2.55 bits per heavy atom. The van der Waals surface area contributed by atoms with Gasteiger partial charge in [-0.1, -0.05) is 6.92 Å². The molecule has 7 nitrogen and oxygen atoms in total. The summed E-state index contributed by atoms with van der Waals surface area (Å²) >= 11 is 0. The zero-order valence-corrected chi connectivity index (χ0v) is 12.1. The van der Waals surface area contributed by atoms with E-state index in [0.717, 1.165) is 18.8 Å². The lowest BCUT2D eigenvalue weighted by Gasteiger charge is -2.08. The molecule has 1 amide bonds. The van der Waals surface area contributed by atoms with Gasteiger partial charge in [-0.3, -0.25) is 4.79 Å². The number of carbonyl (C=O) groups excluding carboxylic acids is 1. The van der Waals surface area contributed by atoms with Gasteiger partial charge in [0.2, 0.25) is 5.91 Å². The Hall–Kier alpha value is -1.89. The van der Waals surface area contributed by atoms with Crippen molar-refractivity contribution in [2.45, 2.75) is 19.8 Å². The maximum absolute atomic E-state index is 11.5. The quantitative estimate of drug-likeness (QED) is 0.551. The topological polar surface area (TPSA) is 88.2 Å². The van der Waals surface area contributed by atoms with Crippen LogP contribution >= 0.6 is 0 Å². The molecule has 0 unspecified atom stereocenters. The first-order valence-electron chi connectivity index (χ1n) is 6.81. The van der Waals surface area contributed by atoms with Crippen LogP contribution in [0.2, 0.25) is 0 Å². The minimum absolute atomic E-state index is 0.00654. The van der Waals surface area contributed by atoms with Crippen LogP contribution in [0.3, 0.4) is 0 Å². The summed E-state index contributed by atoms with van der Waals surface area (Å²) in [6, 6.07) is 1.83. The average Bonchev–Trinajstić information content (AvgIpc) is 2.46. The van der Waals surface area contributed by atoms with Crippen molar-refractivity contribution >= 4 is 17.5 Å². The number of hydrogen-bond donors (Lipinski definition) is 3. The summed E-state index contributed by atoms with van der Waals surface area (Å²) in [4.78, 5) is 19.7. The summed E-state index contributed by atoms with van der Waals surface area (Å²) in [7, 11) is 1.60. The second-order valence-electron chi connectivity index (χ2n) is 4.23. The Balaban J connectivity index is 2.25. The van der Waals surface area contributed by atoms with E-state index in [1.807, 2.05) is 6.07 Å². The lowest BCUT2D eigenvalue weighted by atomic mass is 10.4. The molecule has 1 heterocycles. The minimum atomic E-state index is -0.00654. The monoisotopic (exact) mass is 281 g/mol. The van der Waals surface area contributed by atoms with E-state index in [1.165, 1.54) is 6.33 Å². The molecule has 0 aliphatic rings. The average molecular weight is 281 g/mol. The molecule has 0 saturated carbocycles. The van der Waals surface area contributed by atoms with Crippen molar-refractivity contribution < 1.29 is 9.53 Å². The molecule has 0 radical (unpaired) electrons. The van der Waals surface area contributed by atoms with E-state index >= 15 is 0 Å². The van der Waals surface area contributed by atoms with Crippen LogP contribution in [-0.4, -0.2) is 49.2 Å². The molecule has 0 fully saturated rings. The Bertz CT molecular complexity index is 400. The number of amides is 1. The van der Waals surface area contributed by atoms with Crippen molar-refractivity contribution in [2.24, 2.45) is 0 Å². The highest BCUT2D eigenvalue weighted by Gasteiger charge is 2.01. The van der Waals surface area contributed by atoms with Crippen molar-refractivity contribution in [3.05, 3.63) is 12.4 Å². The Kier molecular flexibility index (Phi) is 8.05. The summed E-state index contributed by atoms with van der Waals surface area (Å²) in [6.45, 7) is 4.56. The van der Waals surface area contributed by atoms with E-state index in [9.17, 15) is 4.79 Å². The second-order valence-corrected chi connectivity index (χ2v) is 4.23. The first-order valence-corrected chi connectivity index (χ1v) is 6.81. The molecule has 1 aromatic rings. The number of nitrogens with one attached hydrogen (secondary N) is 3. The fourth-order valence-electron chi connectivity index (χ4n) is 1.49. The normalized spacial score (nSPS) is 10.1. The Morgan fingerprint density at radius 1 is 1.20 bits per heavy atom. The van der Waals surface area contributed by atoms with Gasteiger partial charge in [0, 0.05) is 39.2 Å². The number of rotatable bonds is 10. The van der Waals surface area contributed by atoms with Crippen LogP contribution in [0, 0.1) is 0 Å². The minimum Gasteiger partial charge on any atom is -0.383 e. The van der Waals surface area contributed by atoms with Crippen LogP contribution in [0.1, 0.15) is 19.8 Å². The zero-order chi connectivity index (χ0) is 14.6. The van der Waals surface area contributed by atoms with Crippen LogP contribution < -0.4 is 16.0 Å². The van der Waals surface area contributed by atoms with Gasteiger partial charge in [0.25, 0.3) is 0 Å². The molecule has 112 valence electrons.